The molecule has 0 fully saturated rings. The Morgan fingerprint density at radius 3 is 2.58 bits per heavy atom. The van der Waals surface area contributed by atoms with Gasteiger partial charge in [-0.05, 0) is 38.8 Å². The quantitative estimate of drug-likeness (QED) is 0.476. The minimum atomic E-state index is 0.792. The van der Waals surface area contributed by atoms with Gasteiger partial charge in [0.25, 0.3) is 0 Å². The molecule has 12 heavy (non-hydrogen) atoms. The molecule has 0 atom stereocenters. The van der Waals surface area contributed by atoms with Gasteiger partial charge in [0.15, 0.2) is 0 Å². The van der Waals surface area contributed by atoms with Crippen LogP contribution in [0.1, 0.15) is 40.5 Å². The van der Waals surface area contributed by atoms with E-state index in [-0.39, 0.29) is 0 Å². The molecular formula is C11H23N. The van der Waals surface area contributed by atoms with E-state index in [2.05, 4.69) is 39.1 Å². The van der Waals surface area contributed by atoms with Crippen molar-refractivity contribution in [2.24, 2.45) is 5.92 Å². The summed E-state index contributed by atoms with van der Waals surface area (Å²) in [6, 6.07) is 0. The highest BCUT2D eigenvalue weighted by molar-refractivity contribution is 4.98. The summed E-state index contributed by atoms with van der Waals surface area (Å²) in [6.07, 6.45) is 4.77. The first kappa shape index (κ1) is 11.7. The van der Waals surface area contributed by atoms with Gasteiger partial charge >= 0.3 is 0 Å². The summed E-state index contributed by atoms with van der Waals surface area (Å²) in [5.74, 6) is 0.792. The van der Waals surface area contributed by atoms with Crippen LogP contribution in [0.25, 0.3) is 0 Å². The molecule has 0 spiro atoms. The Morgan fingerprint density at radius 2 is 2.08 bits per heavy atom. The van der Waals surface area contributed by atoms with Crippen molar-refractivity contribution in [1.29, 1.82) is 0 Å². The molecular weight excluding hydrogens is 146 g/mol. The first-order valence-electron chi connectivity index (χ1n) is 5.03. The van der Waals surface area contributed by atoms with E-state index in [0.717, 1.165) is 19.0 Å². The van der Waals surface area contributed by atoms with Crippen molar-refractivity contribution in [2.75, 3.05) is 13.1 Å². The molecule has 1 N–H and O–H groups in total. The van der Waals surface area contributed by atoms with E-state index >= 15 is 0 Å². The van der Waals surface area contributed by atoms with E-state index in [0.29, 0.717) is 0 Å². The van der Waals surface area contributed by atoms with Crippen molar-refractivity contribution in [1.82, 2.24) is 5.32 Å². The van der Waals surface area contributed by atoms with Gasteiger partial charge in [0.1, 0.15) is 0 Å². The Kier molecular flexibility index (Phi) is 7.17. The van der Waals surface area contributed by atoms with Gasteiger partial charge in [0, 0.05) is 0 Å². The smallest absolute Gasteiger partial charge is 0.00143 e. The molecule has 0 heterocycles. The third-order valence-electron chi connectivity index (χ3n) is 1.79. The molecule has 0 saturated carbocycles. The zero-order valence-electron chi connectivity index (χ0n) is 8.98. The van der Waals surface area contributed by atoms with Crippen LogP contribution in [-0.4, -0.2) is 13.1 Å². The average Bonchev–Trinajstić information content (AvgIpc) is 1.97. The van der Waals surface area contributed by atoms with Gasteiger partial charge in [-0.3, -0.25) is 0 Å². The molecule has 0 aliphatic heterocycles. The Balaban J connectivity index is 3.41. The lowest BCUT2D eigenvalue weighted by atomic mass is 10.0. The van der Waals surface area contributed by atoms with Crippen molar-refractivity contribution in [3.8, 4) is 0 Å². The summed E-state index contributed by atoms with van der Waals surface area (Å²) >= 11 is 0. The third kappa shape index (κ3) is 7.80. The fourth-order valence-corrected chi connectivity index (χ4v) is 1.32. The Hall–Kier alpha value is -0.300. The van der Waals surface area contributed by atoms with E-state index in [1.54, 1.807) is 0 Å². The van der Waals surface area contributed by atoms with Crippen LogP contribution in [0, 0.1) is 5.92 Å². The van der Waals surface area contributed by atoms with Gasteiger partial charge in [0.05, 0.1) is 0 Å². The number of nitrogens with one attached hydrogen (secondary N) is 1. The van der Waals surface area contributed by atoms with Crippen LogP contribution in [0.2, 0.25) is 0 Å². The van der Waals surface area contributed by atoms with E-state index < -0.39 is 0 Å². The van der Waals surface area contributed by atoms with Crippen LogP contribution in [0.4, 0.5) is 0 Å². The second-order valence-electron chi connectivity index (χ2n) is 3.79. The molecule has 72 valence electrons. The highest BCUT2D eigenvalue weighted by Crippen LogP contribution is 2.09. The number of rotatable bonds is 6. The van der Waals surface area contributed by atoms with Crippen LogP contribution < -0.4 is 5.32 Å². The molecule has 0 radical (unpaired) electrons. The van der Waals surface area contributed by atoms with Crippen molar-refractivity contribution in [2.45, 2.75) is 40.5 Å². The number of hydrogen-bond acceptors (Lipinski definition) is 1. The molecule has 1 nitrogen and oxygen atoms in total. The van der Waals surface area contributed by atoms with Crippen molar-refractivity contribution < 1.29 is 0 Å². The first-order valence-corrected chi connectivity index (χ1v) is 5.03. The summed E-state index contributed by atoms with van der Waals surface area (Å²) in [6.45, 7) is 11.1. The monoisotopic (exact) mass is 169 g/mol. The van der Waals surface area contributed by atoms with Crippen LogP contribution in [0.3, 0.4) is 0 Å². The lowest BCUT2D eigenvalue weighted by molar-refractivity contribution is 0.638. The minimum absolute atomic E-state index is 0.792. The maximum atomic E-state index is 3.31. The van der Waals surface area contributed by atoms with Gasteiger partial charge < -0.3 is 5.32 Å². The fourth-order valence-electron chi connectivity index (χ4n) is 1.32. The third-order valence-corrected chi connectivity index (χ3v) is 1.79. The Bertz CT molecular complexity index is 125. The summed E-state index contributed by atoms with van der Waals surface area (Å²) < 4.78 is 0. The van der Waals surface area contributed by atoms with Gasteiger partial charge in [-0.2, -0.15) is 0 Å². The molecule has 0 amide bonds. The molecule has 1 heteroatoms. The molecule has 0 aromatic rings. The van der Waals surface area contributed by atoms with Crippen LogP contribution in [-0.2, 0) is 0 Å². The SMILES string of the molecule is CCNCC/C=C(\C)CC(C)C. The predicted octanol–water partition coefficient (Wildman–Crippen LogP) is 2.98. The van der Waals surface area contributed by atoms with E-state index in [9.17, 15) is 0 Å². The van der Waals surface area contributed by atoms with Gasteiger partial charge in [-0.25, -0.2) is 0 Å². The second kappa shape index (κ2) is 7.35. The fraction of sp³-hybridized carbons (Fsp3) is 0.818. The molecule has 0 bridgehead atoms. The maximum Gasteiger partial charge on any atom is -0.00143 e. The van der Waals surface area contributed by atoms with Crippen LogP contribution >= 0.6 is 0 Å². The lowest BCUT2D eigenvalue weighted by Crippen LogP contribution is -2.13. The first-order chi connectivity index (χ1) is 5.66. The predicted molar refractivity (Wildman–Crippen MR) is 56.4 cm³/mol. The lowest BCUT2D eigenvalue weighted by Gasteiger charge is -2.04. The maximum absolute atomic E-state index is 3.31. The number of hydrogen-bond donors (Lipinski definition) is 1. The number of allylic oxidation sites excluding steroid dienone is 1. The van der Waals surface area contributed by atoms with Crippen molar-refractivity contribution >= 4 is 0 Å². The average molecular weight is 169 g/mol. The molecule has 0 unspecified atom stereocenters. The molecule has 0 aromatic carbocycles. The minimum Gasteiger partial charge on any atom is -0.317 e. The van der Waals surface area contributed by atoms with E-state index in [4.69, 9.17) is 0 Å². The largest absolute Gasteiger partial charge is 0.317 e. The summed E-state index contributed by atoms with van der Waals surface area (Å²) in [7, 11) is 0. The topological polar surface area (TPSA) is 12.0 Å². The van der Waals surface area contributed by atoms with E-state index in [1.807, 2.05) is 0 Å². The summed E-state index contributed by atoms with van der Waals surface area (Å²) in [5.41, 5.74) is 1.53. The second-order valence-corrected chi connectivity index (χ2v) is 3.79. The summed E-state index contributed by atoms with van der Waals surface area (Å²) in [4.78, 5) is 0. The van der Waals surface area contributed by atoms with Gasteiger partial charge in [-0.15, -0.1) is 0 Å². The highest BCUT2D eigenvalue weighted by Gasteiger charge is 1.94. The van der Waals surface area contributed by atoms with Crippen LogP contribution in [0.15, 0.2) is 11.6 Å². The van der Waals surface area contributed by atoms with Crippen molar-refractivity contribution in [3.63, 3.8) is 0 Å². The van der Waals surface area contributed by atoms with Crippen molar-refractivity contribution in [3.05, 3.63) is 11.6 Å². The Labute approximate surface area is 77.2 Å². The molecule has 0 aliphatic carbocycles. The molecule has 0 saturated heterocycles. The van der Waals surface area contributed by atoms with E-state index in [1.165, 1.54) is 18.4 Å². The zero-order chi connectivity index (χ0) is 9.40. The normalized spacial score (nSPS) is 12.6. The summed E-state index contributed by atoms with van der Waals surface area (Å²) in [5, 5.41) is 3.31. The highest BCUT2D eigenvalue weighted by atomic mass is 14.8. The zero-order valence-corrected chi connectivity index (χ0v) is 8.98. The van der Waals surface area contributed by atoms with Gasteiger partial charge in [-0.1, -0.05) is 32.4 Å². The standard InChI is InChI=1S/C11H23N/c1-5-12-8-6-7-11(4)9-10(2)3/h7,10,12H,5-6,8-9H2,1-4H3/b11-7+. The van der Waals surface area contributed by atoms with Crippen LogP contribution in [0.5, 0.6) is 0 Å². The van der Waals surface area contributed by atoms with Gasteiger partial charge in [0.2, 0.25) is 0 Å². The molecule has 0 aliphatic rings. The molecule has 0 aromatic heterocycles. The Morgan fingerprint density at radius 1 is 1.42 bits per heavy atom. The molecule has 0 rings (SSSR count).